The minimum atomic E-state index is -0.394. The second-order valence-electron chi connectivity index (χ2n) is 2.64. The Morgan fingerprint density at radius 2 is 2.31 bits per heavy atom. The lowest BCUT2D eigenvalue weighted by Crippen LogP contribution is -2.10. The Morgan fingerprint density at radius 3 is 2.77 bits per heavy atom. The number of rotatable bonds is 3. The van der Waals surface area contributed by atoms with Crippen molar-refractivity contribution in [2.45, 2.75) is 6.42 Å². The highest BCUT2D eigenvalue weighted by molar-refractivity contribution is 5.71. The van der Waals surface area contributed by atoms with E-state index in [0.29, 0.717) is 5.95 Å². The van der Waals surface area contributed by atoms with E-state index in [0.717, 1.165) is 0 Å². The molecule has 0 aliphatic carbocycles. The number of anilines is 1. The highest BCUT2D eigenvalue weighted by Gasteiger charge is 2.11. The Kier molecular flexibility index (Phi) is 2.84. The molecule has 0 saturated carbocycles. The second-order valence-corrected chi connectivity index (χ2v) is 2.64. The summed E-state index contributed by atoms with van der Waals surface area (Å²) in [5, 5.41) is 3.64. The fraction of sp³-hybridized carbons (Fsp3) is 0.571. The number of carbonyl (C=O) groups excluding carboxylic acids is 1. The van der Waals surface area contributed by atoms with E-state index in [1.165, 1.54) is 7.11 Å². The van der Waals surface area contributed by atoms with Crippen LogP contribution in [0.4, 0.5) is 5.95 Å². The SMILES string of the molecule is COC(=O)Cc1nc(N(C)C)no1. The van der Waals surface area contributed by atoms with Gasteiger partial charge in [0.2, 0.25) is 5.89 Å². The fourth-order valence-corrected chi connectivity index (χ4v) is 0.695. The van der Waals surface area contributed by atoms with Gasteiger partial charge in [-0.2, -0.15) is 4.98 Å². The minimum Gasteiger partial charge on any atom is -0.469 e. The van der Waals surface area contributed by atoms with Gasteiger partial charge >= 0.3 is 5.97 Å². The lowest BCUT2D eigenvalue weighted by molar-refractivity contribution is -0.140. The zero-order chi connectivity index (χ0) is 9.84. The van der Waals surface area contributed by atoms with Crippen molar-refractivity contribution in [2.24, 2.45) is 0 Å². The predicted molar refractivity (Wildman–Crippen MR) is 44.3 cm³/mol. The summed E-state index contributed by atoms with van der Waals surface area (Å²) in [6.07, 6.45) is 0.0112. The van der Waals surface area contributed by atoms with Crippen molar-refractivity contribution in [1.29, 1.82) is 0 Å². The molecule has 0 spiro atoms. The van der Waals surface area contributed by atoms with E-state index in [-0.39, 0.29) is 12.3 Å². The lowest BCUT2D eigenvalue weighted by atomic mass is 10.4. The number of carbonyl (C=O) groups is 1. The molecule has 72 valence electrons. The molecular weight excluding hydrogens is 174 g/mol. The molecule has 0 N–H and O–H groups in total. The van der Waals surface area contributed by atoms with Crippen LogP contribution in [0.15, 0.2) is 4.52 Å². The van der Waals surface area contributed by atoms with E-state index in [2.05, 4.69) is 14.9 Å². The first-order valence-electron chi connectivity index (χ1n) is 3.70. The van der Waals surface area contributed by atoms with Gasteiger partial charge in [0.25, 0.3) is 5.95 Å². The highest BCUT2D eigenvalue weighted by Crippen LogP contribution is 2.05. The molecule has 0 radical (unpaired) electrons. The molecule has 1 aromatic heterocycles. The molecule has 0 saturated heterocycles. The normalized spacial score (nSPS) is 9.77. The van der Waals surface area contributed by atoms with Crippen LogP contribution in [0, 0.1) is 0 Å². The minimum absolute atomic E-state index is 0.0112. The molecule has 1 heterocycles. The number of esters is 1. The third-order valence-electron chi connectivity index (χ3n) is 1.38. The second kappa shape index (κ2) is 3.88. The van der Waals surface area contributed by atoms with E-state index in [9.17, 15) is 4.79 Å². The molecule has 0 unspecified atom stereocenters. The van der Waals surface area contributed by atoms with Gasteiger partial charge in [0.05, 0.1) is 7.11 Å². The van der Waals surface area contributed by atoms with Crippen LogP contribution < -0.4 is 4.90 Å². The molecule has 0 aliphatic rings. The van der Waals surface area contributed by atoms with Gasteiger partial charge in [-0.15, -0.1) is 0 Å². The zero-order valence-corrected chi connectivity index (χ0v) is 7.77. The molecule has 6 heteroatoms. The summed E-state index contributed by atoms with van der Waals surface area (Å²) in [7, 11) is 4.88. The number of hydrogen-bond donors (Lipinski definition) is 0. The Morgan fingerprint density at radius 1 is 1.62 bits per heavy atom. The van der Waals surface area contributed by atoms with Gasteiger partial charge < -0.3 is 14.2 Å². The van der Waals surface area contributed by atoms with Crippen LogP contribution >= 0.6 is 0 Å². The van der Waals surface area contributed by atoms with Crippen LogP contribution in [0.5, 0.6) is 0 Å². The van der Waals surface area contributed by atoms with Crippen molar-refractivity contribution in [3.05, 3.63) is 5.89 Å². The van der Waals surface area contributed by atoms with Gasteiger partial charge in [-0.3, -0.25) is 4.79 Å². The smallest absolute Gasteiger partial charge is 0.315 e. The van der Waals surface area contributed by atoms with Gasteiger partial charge in [-0.05, 0) is 5.16 Å². The number of hydrogen-bond acceptors (Lipinski definition) is 6. The van der Waals surface area contributed by atoms with Crippen LogP contribution in [0.1, 0.15) is 5.89 Å². The quantitative estimate of drug-likeness (QED) is 0.610. The third kappa shape index (κ3) is 2.43. The van der Waals surface area contributed by atoms with E-state index in [4.69, 9.17) is 4.52 Å². The van der Waals surface area contributed by atoms with Gasteiger partial charge in [-0.25, -0.2) is 0 Å². The maximum Gasteiger partial charge on any atom is 0.315 e. The number of methoxy groups -OCH3 is 1. The van der Waals surface area contributed by atoms with Gasteiger partial charge in [-0.1, -0.05) is 0 Å². The maximum absolute atomic E-state index is 10.8. The summed E-state index contributed by atoms with van der Waals surface area (Å²) in [5.41, 5.74) is 0. The van der Waals surface area contributed by atoms with Crippen molar-refractivity contribution >= 4 is 11.9 Å². The molecule has 0 bridgehead atoms. The topological polar surface area (TPSA) is 68.5 Å². The summed E-state index contributed by atoms with van der Waals surface area (Å²) < 4.78 is 9.24. The first kappa shape index (κ1) is 9.50. The average Bonchev–Trinajstić information content (AvgIpc) is 2.52. The molecule has 13 heavy (non-hydrogen) atoms. The molecular formula is C7H11N3O3. The summed E-state index contributed by atoms with van der Waals surface area (Å²) in [6.45, 7) is 0. The Hall–Kier alpha value is -1.59. The van der Waals surface area contributed by atoms with Crippen molar-refractivity contribution in [3.63, 3.8) is 0 Å². The van der Waals surface area contributed by atoms with E-state index >= 15 is 0 Å². The van der Waals surface area contributed by atoms with Gasteiger partial charge in [0.1, 0.15) is 6.42 Å². The van der Waals surface area contributed by atoms with Crippen LogP contribution in [0.2, 0.25) is 0 Å². The molecule has 0 amide bonds. The fourth-order valence-electron chi connectivity index (χ4n) is 0.695. The van der Waals surface area contributed by atoms with Crippen molar-refractivity contribution < 1.29 is 14.1 Å². The zero-order valence-electron chi connectivity index (χ0n) is 7.77. The van der Waals surface area contributed by atoms with Crippen LogP contribution in [-0.4, -0.2) is 37.3 Å². The number of aromatic nitrogens is 2. The van der Waals surface area contributed by atoms with Crippen LogP contribution in [0.3, 0.4) is 0 Å². The third-order valence-corrected chi connectivity index (χ3v) is 1.38. The predicted octanol–water partition coefficient (Wildman–Crippen LogP) is -0.149. The molecule has 1 aromatic rings. The molecule has 1 rings (SSSR count). The molecule has 0 aliphatic heterocycles. The van der Waals surface area contributed by atoms with Crippen molar-refractivity contribution in [2.75, 3.05) is 26.1 Å². The summed E-state index contributed by atoms with van der Waals surface area (Å²) in [6, 6.07) is 0. The Labute approximate surface area is 75.5 Å². The monoisotopic (exact) mass is 185 g/mol. The maximum atomic E-state index is 10.8. The molecule has 0 atom stereocenters. The summed E-state index contributed by atoms with van der Waals surface area (Å²) >= 11 is 0. The lowest BCUT2D eigenvalue weighted by Gasteiger charge is -2.02. The first-order chi connectivity index (χ1) is 6.13. The average molecular weight is 185 g/mol. The molecule has 0 fully saturated rings. The van der Waals surface area contributed by atoms with Crippen LogP contribution in [-0.2, 0) is 16.0 Å². The van der Waals surface area contributed by atoms with Gasteiger partial charge in [0.15, 0.2) is 0 Å². The summed E-state index contributed by atoms with van der Waals surface area (Å²) in [4.78, 5) is 16.4. The molecule has 6 nitrogen and oxygen atoms in total. The Bertz CT molecular complexity index is 295. The number of ether oxygens (including phenoxy) is 1. The number of nitrogens with zero attached hydrogens (tertiary/aromatic N) is 3. The first-order valence-corrected chi connectivity index (χ1v) is 3.70. The van der Waals surface area contributed by atoms with Crippen LogP contribution in [0.25, 0.3) is 0 Å². The standard InChI is InChI=1S/C7H11N3O3/c1-10(2)7-8-5(13-9-7)4-6(11)12-3/h4H2,1-3H3. The van der Waals surface area contributed by atoms with Crippen molar-refractivity contribution in [3.8, 4) is 0 Å². The van der Waals surface area contributed by atoms with E-state index < -0.39 is 5.97 Å². The van der Waals surface area contributed by atoms with Crippen molar-refractivity contribution in [1.82, 2.24) is 10.1 Å². The van der Waals surface area contributed by atoms with E-state index in [1.807, 2.05) is 0 Å². The molecule has 0 aromatic carbocycles. The summed E-state index contributed by atoms with van der Waals surface area (Å²) in [5.74, 6) is 0.309. The Balaban J connectivity index is 2.64. The van der Waals surface area contributed by atoms with E-state index in [1.54, 1.807) is 19.0 Å². The van der Waals surface area contributed by atoms with Gasteiger partial charge in [0, 0.05) is 14.1 Å². The highest BCUT2D eigenvalue weighted by atomic mass is 16.5. The largest absolute Gasteiger partial charge is 0.469 e.